The Morgan fingerprint density at radius 1 is 1.19 bits per heavy atom. The fraction of sp³-hybridized carbons (Fsp3) is 0.611. The molecule has 116 valence electrons. The van der Waals surface area contributed by atoms with Crippen LogP contribution in [0.25, 0.3) is 0 Å². The monoisotopic (exact) mass is 289 g/mol. The Hall–Kier alpha value is -1.35. The average Bonchev–Trinajstić information content (AvgIpc) is 2.91. The van der Waals surface area contributed by atoms with Gasteiger partial charge < -0.3 is 4.74 Å². The van der Waals surface area contributed by atoms with Gasteiger partial charge in [-0.25, -0.2) is 0 Å². The minimum Gasteiger partial charge on any atom is -0.466 e. The zero-order valence-electron chi connectivity index (χ0n) is 13.7. The van der Waals surface area contributed by atoms with Crippen LogP contribution < -0.4 is 0 Å². The number of benzene rings is 1. The van der Waals surface area contributed by atoms with Crippen LogP contribution in [0.5, 0.6) is 0 Å². The van der Waals surface area contributed by atoms with E-state index in [4.69, 9.17) is 4.74 Å². The SMILES string of the molecule is CCOC(=O)CC(C)(c1cc(C)cc(C)c1)N1CCCC1. The molecule has 0 N–H and O–H groups in total. The van der Waals surface area contributed by atoms with Gasteiger partial charge in [0.25, 0.3) is 0 Å². The first-order valence-electron chi connectivity index (χ1n) is 7.95. The molecule has 3 heteroatoms. The maximum absolute atomic E-state index is 12.1. The molecule has 1 aromatic rings. The first-order chi connectivity index (χ1) is 9.95. The summed E-state index contributed by atoms with van der Waals surface area (Å²) in [6.45, 7) is 10.8. The van der Waals surface area contributed by atoms with E-state index in [0.717, 1.165) is 13.1 Å². The molecule has 3 nitrogen and oxygen atoms in total. The van der Waals surface area contributed by atoms with Crippen LogP contribution in [0.2, 0.25) is 0 Å². The molecule has 0 spiro atoms. The number of hydrogen-bond donors (Lipinski definition) is 0. The molecule has 0 bridgehead atoms. The molecule has 1 aliphatic heterocycles. The molecule has 1 heterocycles. The van der Waals surface area contributed by atoms with Gasteiger partial charge in [-0.3, -0.25) is 9.69 Å². The zero-order valence-corrected chi connectivity index (χ0v) is 13.7. The number of ether oxygens (including phenoxy) is 1. The van der Waals surface area contributed by atoms with E-state index in [1.54, 1.807) is 0 Å². The van der Waals surface area contributed by atoms with Crippen molar-refractivity contribution in [2.75, 3.05) is 19.7 Å². The molecule has 0 saturated carbocycles. The largest absolute Gasteiger partial charge is 0.466 e. The molecule has 2 rings (SSSR count). The molecule has 1 aromatic carbocycles. The molecule has 0 amide bonds. The minimum atomic E-state index is -0.264. The highest BCUT2D eigenvalue weighted by Crippen LogP contribution is 2.36. The smallest absolute Gasteiger partial charge is 0.307 e. The fourth-order valence-corrected chi connectivity index (χ4v) is 3.39. The van der Waals surface area contributed by atoms with Crippen molar-refractivity contribution < 1.29 is 9.53 Å². The van der Waals surface area contributed by atoms with Crippen molar-refractivity contribution in [1.29, 1.82) is 0 Å². The summed E-state index contributed by atoms with van der Waals surface area (Å²) in [7, 11) is 0. The van der Waals surface area contributed by atoms with E-state index in [1.165, 1.54) is 29.5 Å². The lowest BCUT2D eigenvalue weighted by molar-refractivity contribution is -0.146. The maximum atomic E-state index is 12.1. The van der Waals surface area contributed by atoms with Crippen LogP contribution in [0.4, 0.5) is 0 Å². The molecule has 0 aromatic heterocycles. The Balaban J connectivity index is 2.36. The van der Waals surface area contributed by atoms with E-state index in [2.05, 4.69) is 43.9 Å². The zero-order chi connectivity index (χ0) is 15.5. The van der Waals surface area contributed by atoms with Gasteiger partial charge in [0.15, 0.2) is 0 Å². The van der Waals surface area contributed by atoms with Crippen molar-refractivity contribution in [3.63, 3.8) is 0 Å². The number of esters is 1. The quantitative estimate of drug-likeness (QED) is 0.776. The topological polar surface area (TPSA) is 29.5 Å². The number of carbonyl (C=O) groups excluding carboxylic acids is 1. The van der Waals surface area contributed by atoms with E-state index < -0.39 is 0 Å². The third-order valence-corrected chi connectivity index (χ3v) is 4.44. The Kier molecular flexibility index (Phi) is 5.04. The highest BCUT2D eigenvalue weighted by molar-refractivity contribution is 5.71. The lowest BCUT2D eigenvalue weighted by Crippen LogP contribution is -2.44. The molecular formula is C18H27NO2. The molecular weight excluding hydrogens is 262 g/mol. The Bertz CT molecular complexity index is 486. The number of nitrogens with zero attached hydrogens (tertiary/aromatic N) is 1. The van der Waals surface area contributed by atoms with Crippen molar-refractivity contribution in [3.8, 4) is 0 Å². The number of carbonyl (C=O) groups is 1. The van der Waals surface area contributed by atoms with Crippen molar-refractivity contribution in [1.82, 2.24) is 4.90 Å². The molecule has 1 aliphatic rings. The first kappa shape index (κ1) is 16.0. The van der Waals surface area contributed by atoms with Crippen molar-refractivity contribution in [2.45, 2.75) is 52.5 Å². The Morgan fingerprint density at radius 2 is 1.76 bits per heavy atom. The van der Waals surface area contributed by atoms with Gasteiger partial charge in [-0.1, -0.05) is 29.3 Å². The van der Waals surface area contributed by atoms with Gasteiger partial charge in [0.05, 0.1) is 18.6 Å². The summed E-state index contributed by atoms with van der Waals surface area (Å²) < 4.78 is 5.21. The lowest BCUT2D eigenvalue weighted by Gasteiger charge is -2.39. The summed E-state index contributed by atoms with van der Waals surface area (Å²) in [6.07, 6.45) is 2.84. The van der Waals surface area contributed by atoms with Crippen LogP contribution in [0, 0.1) is 13.8 Å². The molecule has 0 radical (unpaired) electrons. The standard InChI is InChI=1S/C18H27NO2/c1-5-21-17(20)13-18(4,19-8-6-7-9-19)16-11-14(2)10-15(3)12-16/h10-12H,5-9,13H2,1-4H3. The molecule has 1 saturated heterocycles. The van der Waals surface area contributed by atoms with Crippen LogP contribution in [0.15, 0.2) is 18.2 Å². The van der Waals surface area contributed by atoms with E-state index in [0.29, 0.717) is 13.0 Å². The predicted octanol–water partition coefficient (Wildman–Crippen LogP) is 3.57. The highest BCUT2D eigenvalue weighted by Gasteiger charge is 2.38. The van der Waals surface area contributed by atoms with Gasteiger partial charge in [-0.05, 0) is 59.2 Å². The van der Waals surface area contributed by atoms with Gasteiger partial charge in [0, 0.05) is 0 Å². The number of likely N-dealkylation sites (tertiary alicyclic amines) is 1. The second-order valence-corrected chi connectivity index (χ2v) is 6.33. The van der Waals surface area contributed by atoms with E-state index in [9.17, 15) is 4.79 Å². The molecule has 1 atom stereocenters. The second kappa shape index (κ2) is 6.61. The maximum Gasteiger partial charge on any atom is 0.307 e. The van der Waals surface area contributed by atoms with Crippen molar-refractivity contribution in [3.05, 3.63) is 34.9 Å². The summed E-state index contributed by atoms with van der Waals surface area (Å²) >= 11 is 0. The predicted molar refractivity (Wildman–Crippen MR) is 85.3 cm³/mol. The van der Waals surface area contributed by atoms with Crippen molar-refractivity contribution in [2.24, 2.45) is 0 Å². The first-order valence-corrected chi connectivity index (χ1v) is 7.95. The molecule has 0 aliphatic carbocycles. The summed E-state index contributed by atoms with van der Waals surface area (Å²) in [5.41, 5.74) is 3.47. The van der Waals surface area contributed by atoms with Crippen LogP contribution in [-0.2, 0) is 15.1 Å². The average molecular weight is 289 g/mol. The molecule has 1 fully saturated rings. The van der Waals surface area contributed by atoms with Gasteiger partial charge >= 0.3 is 5.97 Å². The summed E-state index contributed by atoms with van der Waals surface area (Å²) in [6, 6.07) is 6.60. The third kappa shape index (κ3) is 3.65. The number of aryl methyl sites for hydroxylation is 2. The summed E-state index contributed by atoms with van der Waals surface area (Å²) in [5, 5.41) is 0. The Labute approximate surface area is 128 Å². The van der Waals surface area contributed by atoms with Gasteiger partial charge in [0.2, 0.25) is 0 Å². The van der Waals surface area contributed by atoms with Crippen LogP contribution in [0.1, 0.15) is 49.8 Å². The van der Waals surface area contributed by atoms with E-state index >= 15 is 0 Å². The summed E-state index contributed by atoms with van der Waals surface area (Å²) in [4.78, 5) is 14.6. The van der Waals surface area contributed by atoms with Gasteiger partial charge in [-0.2, -0.15) is 0 Å². The molecule has 21 heavy (non-hydrogen) atoms. The van der Waals surface area contributed by atoms with Gasteiger partial charge in [0.1, 0.15) is 0 Å². The van der Waals surface area contributed by atoms with Crippen molar-refractivity contribution >= 4 is 5.97 Å². The summed E-state index contributed by atoms with van der Waals surface area (Å²) in [5.74, 6) is -0.106. The second-order valence-electron chi connectivity index (χ2n) is 6.33. The fourth-order valence-electron chi connectivity index (χ4n) is 3.39. The van der Waals surface area contributed by atoms with Crippen LogP contribution in [-0.4, -0.2) is 30.6 Å². The number of rotatable bonds is 5. The molecule has 1 unspecified atom stereocenters. The van der Waals surface area contributed by atoms with Gasteiger partial charge in [-0.15, -0.1) is 0 Å². The highest BCUT2D eigenvalue weighted by atomic mass is 16.5. The van der Waals surface area contributed by atoms with Crippen LogP contribution >= 0.6 is 0 Å². The van der Waals surface area contributed by atoms with E-state index in [1.807, 2.05) is 6.92 Å². The normalized spacial score (nSPS) is 18.5. The Morgan fingerprint density at radius 3 is 2.29 bits per heavy atom. The van der Waals surface area contributed by atoms with E-state index in [-0.39, 0.29) is 11.5 Å². The third-order valence-electron chi connectivity index (χ3n) is 4.44. The van der Waals surface area contributed by atoms with Crippen LogP contribution in [0.3, 0.4) is 0 Å². The lowest BCUT2D eigenvalue weighted by atomic mass is 9.85. The minimum absolute atomic E-state index is 0.106. The number of hydrogen-bond acceptors (Lipinski definition) is 3.